The molecule has 0 aromatic heterocycles. The molecule has 0 saturated carbocycles. The predicted octanol–water partition coefficient (Wildman–Crippen LogP) is 4.76. The lowest BCUT2D eigenvalue weighted by Gasteiger charge is -2.19. The molecule has 3 N–H and O–H groups in total. The Morgan fingerprint density at radius 3 is 2.49 bits per heavy atom. The average molecular weight is 636 g/mol. The minimum atomic E-state index is -0.713. The molecule has 0 saturated heterocycles. The highest BCUT2D eigenvalue weighted by atomic mass is 32.2. The van der Waals surface area contributed by atoms with Crippen molar-refractivity contribution in [1.29, 1.82) is 0 Å². The fourth-order valence-electron chi connectivity index (χ4n) is 5.72. The number of nitrogens with one attached hydrogen (secondary N) is 3. The van der Waals surface area contributed by atoms with Gasteiger partial charge in [0.15, 0.2) is 23.0 Å². The number of benzene rings is 2. The van der Waals surface area contributed by atoms with Crippen LogP contribution in [0.4, 0.5) is 11.4 Å². The minimum Gasteiger partial charge on any atom is -0.493 e. The summed E-state index contributed by atoms with van der Waals surface area (Å²) < 4.78 is 28.0. The zero-order valence-electron chi connectivity index (χ0n) is 25.9. The summed E-state index contributed by atoms with van der Waals surface area (Å²) in [5.41, 5.74) is 3.50. The highest BCUT2D eigenvalue weighted by molar-refractivity contribution is 7.98. The number of hydrogen-bond donors (Lipinski definition) is 3. The number of anilines is 2. The summed E-state index contributed by atoms with van der Waals surface area (Å²) in [5, 5.41) is 9.15. The largest absolute Gasteiger partial charge is 0.493 e. The molecule has 12 heteroatoms. The Bertz CT molecular complexity index is 1660. The van der Waals surface area contributed by atoms with E-state index in [0.717, 1.165) is 11.1 Å². The lowest BCUT2D eigenvalue weighted by atomic mass is 9.95. The van der Waals surface area contributed by atoms with Gasteiger partial charge in [-0.1, -0.05) is 6.07 Å². The van der Waals surface area contributed by atoms with Crippen molar-refractivity contribution in [2.24, 2.45) is 0 Å². The first kappa shape index (κ1) is 31.8. The van der Waals surface area contributed by atoms with Gasteiger partial charge in [-0.15, -0.1) is 0 Å². The molecule has 45 heavy (non-hydrogen) atoms. The molecule has 2 aliphatic rings. The van der Waals surface area contributed by atoms with Crippen molar-refractivity contribution in [2.45, 2.75) is 38.3 Å². The molecule has 1 aliphatic heterocycles. The van der Waals surface area contributed by atoms with Gasteiger partial charge in [-0.25, -0.2) is 0 Å². The second-order valence-electron chi connectivity index (χ2n) is 10.6. The van der Waals surface area contributed by atoms with Gasteiger partial charge in [-0.3, -0.25) is 14.4 Å². The summed E-state index contributed by atoms with van der Waals surface area (Å²) in [4.78, 5) is 39.6. The van der Waals surface area contributed by atoms with E-state index in [2.05, 4.69) is 16.0 Å². The fourth-order valence-corrected chi connectivity index (χ4v) is 6.19. The zero-order valence-corrected chi connectivity index (χ0v) is 26.7. The van der Waals surface area contributed by atoms with E-state index in [1.165, 1.54) is 20.1 Å². The predicted molar refractivity (Wildman–Crippen MR) is 174 cm³/mol. The fraction of sp³-hybridized carbons (Fsp3) is 0.364. The van der Waals surface area contributed by atoms with Crippen LogP contribution in [0.2, 0.25) is 0 Å². The van der Waals surface area contributed by atoms with Crippen LogP contribution < -0.4 is 45.1 Å². The summed E-state index contributed by atoms with van der Waals surface area (Å²) in [6.45, 7) is 1.58. The van der Waals surface area contributed by atoms with E-state index in [4.69, 9.17) is 23.7 Å². The van der Waals surface area contributed by atoms with Crippen LogP contribution in [0, 0.1) is 0 Å². The van der Waals surface area contributed by atoms with Crippen LogP contribution in [0.15, 0.2) is 47.3 Å². The van der Waals surface area contributed by atoms with E-state index in [0.29, 0.717) is 70.6 Å². The number of amides is 2. The Balaban J connectivity index is 1.57. The van der Waals surface area contributed by atoms with E-state index in [1.807, 2.05) is 18.4 Å². The number of carbonyl (C=O) groups is 2. The number of ether oxygens (including phenoxy) is 5. The highest BCUT2D eigenvalue weighted by Gasteiger charge is 2.30. The second-order valence-corrected chi connectivity index (χ2v) is 11.6. The summed E-state index contributed by atoms with van der Waals surface area (Å²) >= 11 is 1.60. The maximum absolute atomic E-state index is 13.8. The van der Waals surface area contributed by atoms with E-state index in [1.54, 1.807) is 50.2 Å². The molecule has 238 valence electrons. The quantitative estimate of drug-likeness (QED) is 0.271. The van der Waals surface area contributed by atoms with Crippen molar-refractivity contribution in [3.05, 3.63) is 63.8 Å². The zero-order chi connectivity index (χ0) is 32.1. The Kier molecular flexibility index (Phi) is 9.92. The number of hydrogen-bond acceptors (Lipinski definition) is 10. The van der Waals surface area contributed by atoms with Gasteiger partial charge in [-0.2, -0.15) is 11.8 Å². The molecule has 11 nitrogen and oxygen atoms in total. The van der Waals surface area contributed by atoms with Gasteiger partial charge < -0.3 is 39.6 Å². The van der Waals surface area contributed by atoms with Crippen molar-refractivity contribution in [3.8, 4) is 39.9 Å². The molecule has 5 rings (SSSR count). The number of fused-ring (bicyclic) bond motifs is 4. The molecule has 0 bridgehead atoms. The van der Waals surface area contributed by atoms with Crippen LogP contribution in [0.1, 0.15) is 36.9 Å². The number of rotatable bonds is 11. The number of aryl methyl sites for hydroxylation is 1. The van der Waals surface area contributed by atoms with Gasteiger partial charge in [-0.05, 0) is 78.3 Å². The summed E-state index contributed by atoms with van der Waals surface area (Å²) in [6, 6.07) is 11.0. The van der Waals surface area contributed by atoms with Gasteiger partial charge in [0, 0.05) is 24.2 Å². The van der Waals surface area contributed by atoms with Crippen LogP contribution in [0.25, 0.3) is 11.1 Å². The number of methoxy groups -OCH3 is 3. The minimum absolute atomic E-state index is 0.130. The molecule has 1 heterocycles. The van der Waals surface area contributed by atoms with Crippen LogP contribution in [-0.4, -0.2) is 58.0 Å². The topological polar surface area (TPSA) is 133 Å². The summed E-state index contributed by atoms with van der Waals surface area (Å²) in [6.07, 6.45) is 3.56. The molecular weight excluding hydrogens is 598 g/mol. The molecule has 1 aliphatic carbocycles. The van der Waals surface area contributed by atoms with Gasteiger partial charge in [0.2, 0.25) is 29.8 Å². The second kappa shape index (κ2) is 14.0. The van der Waals surface area contributed by atoms with Gasteiger partial charge in [0.25, 0.3) is 0 Å². The molecule has 3 aromatic rings. The first-order valence-electron chi connectivity index (χ1n) is 14.5. The van der Waals surface area contributed by atoms with Gasteiger partial charge in [0.05, 0.1) is 33.1 Å². The monoisotopic (exact) mass is 635 g/mol. The molecule has 2 amide bonds. The SMILES string of the molecule is COc1cc2c(c(OC)c1OC)-c1ccc(N[C@H](CCSC)C(=O)Nc3ccc4c(c3)OCO4)c(=O)cc1[C@@H](NC(C)=O)CC2. The molecular formula is C33H37N3O8S. The molecule has 2 atom stereocenters. The normalized spacial score (nSPS) is 15.1. The van der Waals surface area contributed by atoms with Crippen LogP contribution in [0.5, 0.6) is 28.7 Å². The third kappa shape index (κ3) is 6.75. The van der Waals surface area contributed by atoms with Crippen LogP contribution in [0.3, 0.4) is 0 Å². The Hall–Kier alpha value is -4.58. The lowest BCUT2D eigenvalue weighted by Crippen LogP contribution is -2.36. The van der Waals surface area contributed by atoms with Crippen molar-refractivity contribution >= 4 is 35.0 Å². The first-order chi connectivity index (χ1) is 21.8. The first-order valence-corrected chi connectivity index (χ1v) is 15.9. The third-order valence-electron chi connectivity index (χ3n) is 7.81. The van der Waals surface area contributed by atoms with Gasteiger partial charge in [0.1, 0.15) is 6.04 Å². The average Bonchev–Trinajstić information content (AvgIpc) is 3.38. The molecule has 0 fully saturated rings. The van der Waals surface area contributed by atoms with Gasteiger partial charge >= 0.3 is 0 Å². The summed E-state index contributed by atoms with van der Waals surface area (Å²) in [7, 11) is 4.65. The molecule has 3 aromatic carbocycles. The van der Waals surface area contributed by atoms with Crippen molar-refractivity contribution < 1.29 is 33.3 Å². The Morgan fingerprint density at radius 2 is 1.78 bits per heavy atom. The standard InChI is InChI=1S/C33H37N3O8S/c1-18(37)34-23-9-6-19-14-29(40-2)31(41-3)32(42-4)30(19)21-8-10-24(26(38)16-22(21)23)36-25(12-13-45-5)33(39)35-20-7-11-27-28(15-20)44-17-43-27/h7-8,10-11,14-16,23,25H,6,9,12-13,17H2,1-5H3,(H,34,37)(H,35,39)(H,36,38)/t23-,25+/m0/s1. The smallest absolute Gasteiger partial charge is 0.246 e. The molecule has 0 spiro atoms. The third-order valence-corrected chi connectivity index (χ3v) is 8.46. The Labute approximate surface area is 265 Å². The lowest BCUT2D eigenvalue weighted by molar-refractivity contribution is -0.120. The van der Waals surface area contributed by atoms with Crippen molar-refractivity contribution in [1.82, 2.24) is 5.32 Å². The van der Waals surface area contributed by atoms with Crippen molar-refractivity contribution in [3.63, 3.8) is 0 Å². The number of thioether (sulfide) groups is 1. The molecule has 0 unspecified atom stereocenters. The van der Waals surface area contributed by atoms with E-state index >= 15 is 0 Å². The van der Waals surface area contributed by atoms with Crippen LogP contribution in [-0.2, 0) is 16.0 Å². The van der Waals surface area contributed by atoms with Crippen LogP contribution >= 0.6 is 11.8 Å². The maximum atomic E-state index is 13.8. The van der Waals surface area contributed by atoms with E-state index < -0.39 is 12.1 Å². The molecule has 0 radical (unpaired) electrons. The number of carbonyl (C=O) groups excluding carboxylic acids is 2. The maximum Gasteiger partial charge on any atom is 0.246 e. The van der Waals surface area contributed by atoms with E-state index in [9.17, 15) is 14.4 Å². The highest BCUT2D eigenvalue weighted by Crippen LogP contribution is 2.50. The summed E-state index contributed by atoms with van der Waals surface area (Å²) in [5.74, 6) is 2.75. The Morgan fingerprint density at radius 1 is 1.00 bits per heavy atom. The van der Waals surface area contributed by atoms with E-state index in [-0.39, 0.29) is 29.7 Å². The van der Waals surface area contributed by atoms with Crippen molar-refractivity contribution in [2.75, 3.05) is 50.8 Å².